The summed E-state index contributed by atoms with van der Waals surface area (Å²) in [5, 5.41) is 3.32. The molecule has 108 valence electrons. The van der Waals surface area contributed by atoms with E-state index >= 15 is 0 Å². The highest BCUT2D eigenvalue weighted by Crippen LogP contribution is 2.30. The van der Waals surface area contributed by atoms with Crippen molar-refractivity contribution < 1.29 is 8.78 Å². The molecule has 1 rings (SSSR count). The van der Waals surface area contributed by atoms with Crippen LogP contribution in [0.2, 0.25) is 0 Å². The third-order valence-corrected chi connectivity index (χ3v) is 3.81. The SMILES string of the molecule is CCCNCCC(C)(C)Cc1c(F)ccc(Br)c1F. The van der Waals surface area contributed by atoms with E-state index in [4.69, 9.17) is 0 Å². The van der Waals surface area contributed by atoms with Gasteiger partial charge in [-0.15, -0.1) is 0 Å². The van der Waals surface area contributed by atoms with Crippen LogP contribution < -0.4 is 5.32 Å². The van der Waals surface area contributed by atoms with Crippen LogP contribution in [0.15, 0.2) is 16.6 Å². The van der Waals surface area contributed by atoms with Gasteiger partial charge in [-0.3, -0.25) is 0 Å². The average molecular weight is 334 g/mol. The monoisotopic (exact) mass is 333 g/mol. The van der Waals surface area contributed by atoms with Gasteiger partial charge < -0.3 is 5.32 Å². The van der Waals surface area contributed by atoms with Crippen molar-refractivity contribution >= 4 is 15.9 Å². The van der Waals surface area contributed by atoms with Crippen LogP contribution >= 0.6 is 15.9 Å². The molecule has 0 amide bonds. The van der Waals surface area contributed by atoms with Gasteiger partial charge in [0.2, 0.25) is 0 Å². The van der Waals surface area contributed by atoms with Gasteiger partial charge in [-0.2, -0.15) is 0 Å². The summed E-state index contributed by atoms with van der Waals surface area (Å²) in [6.45, 7) is 8.05. The zero-order valence-electron chi connectivity index (χ0n) is 11.8. The Morgan fingerprint density at radius 3 is 2.53 bits per heavy atom. The zero-order chi connectivity index (χ0) is 14.5. The summed E-state index contributed by atoms with van der Waals surface area (Å²) in [6.07, 6.45) is 2.38. The summed E-state index contributed by atoms with van der Waals surface area (Å²) in [5.74, 6) is -0.940. The van der Waals surface area contributed by atoms with Crippen molar-refractivity contribution in [2.24, 2.45) is 5.41 Å². The standard InChI is InChI=1S/C15H22BrF2N/c1-4-8-19-9-7-15(2,3)10-11-13(17)6-5-12(16)14(11)18/h5-6,19H,4,7-10H2,1-3H3. The van der Waals surface area contributed by atoms with Crippen LogP contribution in [0.5, 0.6) is 0 Å². The van der Waals surface area contributed by atoms with Gasteiger partial charge in [0, 0.05) is 5.56 Å². The minimum absolute atomic E-state index is 0.136. The van der Waals surface area contributed by atoms with Crippen LogP contribution in [0.3, 0.4) is 0 Å². The molecule has 0 aromatic heterocycles. The first-order valence-electron chi connectivity index (χ1n) is 6.70. The zero-order valence-corrected chi connectivity index (χ0v) is 13.4. The second kappa shape index (κ2) is 7.34. The summed E-state index contributed by atoms with van der Waals surface area (Å²) in [4.78, 5) is 0. The van der Waals surface area contributed by atoms with Crippen molar-refractivity contribution in [3.8, 4) is 0 Å². The van der Waals surface area contributed by atoms with E-state index in [2.05, 4.69) is 28.2 Å². The number of halogens is 3. The summed E-state index contributed by atoms with van der Waals surface area (Å²) >= 11 is 3.11. The molecule has 0 unspecified atom stereocenters. The molecule has 1 aromatic carbocycles. The van der Waals surface area contributed by atoms with E-state index in [1.54, 1.807) is 0 Å². The minimum Gasteiger partial charge on any atom is -0.317 e. The molecule has 0 aliphatic carbocycles. The normalized spacial score (nSPS) is 11.9. The summed E-state index contributed by atoms with van der Waals surface area (Å²) < 4.78 is 28.0. The van der Waals surface area contributed by atoms with E-state index in [9.17, 15) is 8.78 Å². The van der Waals surface area contributed by atoms with E-state index in [0.29, 0.717) is 10.9 Å². The molecule has 0 heterocycles. The van der Waals surface area contributed by atoms with Gasteiger partial charge in [0.15, 0.2) is 0 Å². The molecule has 0 aliphatic heterocycles. The lowest BCUT2D eigenvalue weighted by Gasteiger charge is -2.25. The average Bonchev–Trinajstić information content (AvgIpc) is 2.35. The quantitative estimate of drug-likeness (QED) is 0.564. The van der Waals surface area contributed by atoms with Crippen LogP contribution in [0, 0.1) is 17.0 Å². The topological polar surface area (TPSA) is 12.0 Å². The van der Waals surface area contributed by atoms with Gasteiger partial charge >= 0.3 is 0 Å². The second-order valence-corrected chi connectivity index (χ2v) is 6.52. The smallest absolute Gasteiger partial charge is 0.143 e. The van der Waals surface area contributed by atoms with Crippen molar-refractivity contribution in [1.29, 1.82) is 0 Å². The minimum atomic E-state index is -0.477. The molecule has 4 heteroatoms. The molecular weight excluding hydrogens is 312 g/mol. The molecule has 1 nitrogen and oxygen atoms in total. The van der Waals surface area contributed by atoms with Crippen molar-refractivity contribution in [3.63, 3.8) is 0 Å². The molecule has 1 aromatic rings. The number of rotatable bonds is 7. The van der Waals surface area contributed by atoms with Crippen LogP contribution in [-0.2, 0) is 6.42 Å². The Bertz CT molecular complexity index is 419. The van der Waals surface area contributed by atoms with Crippen molar-refractivity contribution in [1.82, 2.24) is 5.32 Å². The maximum Gasteiger partial charge on any atom is 0.143 e. The second-order valence-electron chi connectivity index (χ2n) is 5.66. The fourth-order valence-electron chi connectivity index (χ4n) is 2.03. The van der Waals surface area contributed by atoms with Crippen molar-refractivity contribution in [2.75, 3.05) is 13.1 Å². The lowest BCUT2D eigenvalue weighted by Crippen LogP contribution is -2.25. The van der Waals surface area contributed by atoms with Gasteiger partial charge in [-0.1, -0.05) is 20.8 Å². The van der Waals surface area contributed by atoms with E-state index in [-0.39, 0.29) is 11.0 Å². The Hall–Kier alpha value is -0.480. The molecule has 0 fully saturated rings. The van der Waals surface area contributed by atoms with Crippen LogP contribution in [0.4, 0.5) is 8.78 Å². The van der Waals surface area contributed by atoms with Crippen LogP contribution in [0.1, 0.15) is 39.2 Å². The molecule has 0 atom stereocenters. The first-order chi connectivity index (χ1) is 8.87. The largest absolute Gasteiger partial charge is 0.317 e. The molecule has 0 saturated carbocycles. The van der Waals surface area contributed by atoms with Gasteiger partial charge in [-0.25, -0.2) is 8.78 Å². The lowest BCUT2D eigenvalue weighted by atomic mass is 9.82. The Morgan fingerprint density at radius 2 is 1.89 bits per heavy atom. The Labute approximate surface area is 122 Å². The maximum atomic E-state index is 13.9. The molecule has 0 aliphatic rings. The number of hydrogen-bond acceptors (Lipinski definition) is 1. The molecule has 0 bridgehead atoms. The summed E-state index contributed by atoms with van der Waals surface area (Å²) in [7, 11) is 0. The first kappa shape index (κ1) is 16.6. The van der Waals surface area contributed by atoms with E-state index in [1.807, 2.05) is 13.8 Å². The third-order valence-electron chi connectivity index (χ3n) is 3.20. The highest BCUT2D eigenvalue weighted by atomic mass is 79.9. The van der Waals surface area contributed by atoms with Gasteiger partial charge in [-0.05, 0) is 65.8 Å². The number of nitrogens with one attached hydrogen (secondary N) is 1. The Kier molecular flexibility index (Phi) is 6.40. The summed E-state index contributed by atoms with van der Waals surface area (Å²) in [5.41, 5.74) is 0.0401. The van der Waals surface area contributed by atoms with Gasteiger partial charge in [0.25, 0.3) is 0 Å². The van der Waals surface area contributed by atoms with E-state index in [0.717, 1.165) is 25.9 Å². The van der Waals surface area contributed by atoms with Crippen molar-refractivity contribution in [2.45, 2.75) is 40.0 Å². The molecule has 1 N–H and O–H groups in total. The van der Waals surface area contributed by atoms with Gasteiger partial charge in [0.05, 0.1) is 4.47 Å². The molecule has 0 radical (unpaired) electrons. The fraction of sp³-hybridized carbons (Fsp3) is 0.600. The number of benzene rings is 1. The van der Waals surface area contributed by atoms with Crippen LogP contribution in [0.25, 0.3) is 0 Å². The number of hydrogen-bond donors (Lipinski definition) is 1. The maximum absolute atomic E-state index is 13.9. The lowest BCUT2D eigenvalue weighted by molar-refractivity contribution is 0.315. The molecule has 0 saturated heterocycles. The predicted molar refractivity (Wildman–Crippen MR) is 79.3 cm³/mol. The molecular formula is C15H22BrF2N. The Balaban J connectivity index is 2.69. The predicted octanol–water partition coefficient (Wildman–Crippen LogP) is 4.69. The van der Waals surface area contributed by atoms with Crippen LogP contribution in [-0.4, -0.2) is 13.1 Å². The molecule has 19 heavy (non-hydrogen) atoms. The van der Waals surface area contributed by atoms with Crippen molar-refractivity contribution in [3.05, 3.63) is 33.8 Å². The highest BCUT2D eigenvalue weighted by molar-refractivity contribution is 9.10. The van der Waals surface area contributed by atoms with E-state index < -0.39 is 11.6 Å². The summed E-state index contributed by atoms with van der Waals surface area (Å²) in [6, 6.07) is 2.72. The highest BCUT2D eigenvalue weighted by Gasteiger charge is 2.23. The third kappa shape index (κ3) is 5.19. The fourth-order valence-corrected chi connectivity index (χ4v) is 2.40. The molecule has 0 spiro atoms. The first-order valence-corrected chi connectivity index (χ1v) is 7.50. The van der Waals surface area contributed by atoms with Gasteiger partial charge in [0.1, 0.15) is 11.6 Å². The van der Waals surface area contributed by atoms with E-state index in [1.165, 1.54) is 12.1 Å². The Morgan fingerprint density at radius 1 is 1.21 bits per heavy atom.